The molecule has 0 radical (unpaired) electrons. The Balaban J connectivity index is 2.36. The lowest BCUT2D eigenvalue weighted by Crippen LogP contribution is -2.46. The number of aliphatic hydroxyl groups is 1. The van der Waals surface area contributed by atoms with Crippen molar-refractivity contribution in [3.05, 3.63) is 22.8 Å². The first kappa shape index (κ1) is 10.7. The fourth-order valence-corrected chi connectivity index (χ4v) is 1.66. The van der Waals surface area contributed by atoms with Gasteiger partial charge < -0.3 is 10.0 Å². The highest BCUT2D eigenvalue weighted by Gasteiger charge is 2.58. The molecule has 0 aromatic heterocycles. The smallest absolute Gasteiger partial charge is 0.361 e. The second-order valence-corrected chi connectivity index (χ2v) is 4.17. The van der Waals surface area contributed by atoms with Crippen LogP contribution in [0, 0.1) is 0 Å². The maximum Gasteiger partial charge on any atom is 0.440 e. The van der Waals surface area contributed by atoms with Crippen LogP contribution in [0.25, 0.3) is 0 Å². The van der Waals surface area contributed by atoms with Gasteiger partial charge in [-0.15, -0.1) is 0 Å². The summed E-state index contributed by atoms with van der Waals surface area (Å²) in [6, 6.07) is 0. The molecule has 0 amide bonds. The second kappa shape index (κ2) is 3.08. The number of allylic oxidation sites excluding steroid dienone is 2. The highest BCUT2D eigenvalue weighted by atomic mass is 79.9. The van der Waals surface area contributed by atoms with E-state index >= 15 is 0 Å². The minimum Gasteiger partial charge on any atom is -0.361 e. The van der Waals surface area contributed by atoms with Crippen molar-refractivity contribution in [1.29, 1.82) is 0 Å². The summed E-state index contributed by atoms with van der Waals surface area (Å²) in [5, 5.41) is 9.31. The molecule has 7 heteroatoms. The number of halogens is 4. The van der Waals surface area contributed by atoms with Crippen LogP contribution < -0.4 is 0 Å². The summed E-state index contributed by atoms with van der Waals surface area (Å²) in [6.07, 6.45) is -0.317. The maximum atomic E-state index is 12.4. The van der Waals surface area contributed by atoms with E-state index in [0.29, 0.717) is 4.48 Å². The van der Waals surface area contributed by atoms with Gasteiger partial charge in [-0.25, -0.2) is 4.99 Å². The molecule has 0 saturated heterocycles. The van der Waals surface area contributed by atoms with E-state index in [9.17, 15) is 18.3 Å². The van der Waals surface area contributed by atoms with Crippen LogP contribution in [0.1, 0.15) is 0 Å². The normalized spacial score (nSPS) is 30.1. The van der Waals surface area contributed by atoms with Crippen LogP contribution in [-0.4, -0.2) is 34.3 Å². The van der Waals surface area contributed by atoms with Gasteiger partial charge in [0.2, 0.25) is 0 Å². The first-order valence-electron chi connectivity index (χ1n) is 4.03. The number of fused-ring (bicyclic) bond motifs is 1. The van der Waals surface area contributed by atoms with Crippen LogP contribution in [0.2, 0.25) is 0 Å². The van der Waals surface area contributed by atoms with Gasteiger partial charge in [0.1, 0.15) is 5.84 Å². The first-order valence-corrected chi connectivity index (χ1v) is 4.82. The summed E-state index contributed by atoms with van der Waals surface area (Å²) in [5.74, 6) is 0.101. The third-order valence-electron chi connectivity index (χ3n) is 2.12. The predicted molar refractivity (Wildman–Crippen MR) is 51.3 cm³/mol. The lowest BCUT2D eigenvalue weighted by atomic mass is 10.2. The molecule has 3 nitrogen and oxygen atoms in total. The monoisotopic (exact) mass is 282 g/mol. The number of amidine groups is 1. The van der Waals surface area contributed by atoms with Gasteiger partial charge in [-0.2, -0.15) is 13.2 Å². The number of aliphatic imine (C=N–C) groups is 1. The average Bonchev–Trinajstić information content (AvgIpc) is 2.40. The van der Waals surface area contributed by atoms with Crippen LogP contribution in [0.5, 0.6) is 0 Å². The molecule has 0 fully saturated rings. The summed E-state index contributed by atoms with van der Waals surface area (Å²) in [6.45, 7) is -0.598. The molecule has 2 heterocycles. The van der Waals surface area contributed by atoms with Crippen LogP contribution >= 0.6 is 15.9 Å². The van der Waals surface area contributed by atoms with Gasteiger partial charge in [-0.05, 0) is 12.2 Å². The fraction of sp³-hybridized carbons (Fsp3) is 0.375. The zero-order chi connectivity index (χ0) is 11.3. The van der Waals surface area contributed by atoms with Gasteiger partial charge in [-0.1, -0.05) is 15.9 Å². The van der Waals surface area contributed by atoms with Crippen molar-refractivity contribution >= 4 is 21.8 Å². The summed E-state index contributed by atoms with van der Waals surface area (Å²) >= 11 is 3.12. The van der Waals surface area contributed by atoms with Crippen molar-refractivity contribution < 1.29 is 18.3 Å². The van der Waals surface area contributed by atoms with Crippen LogP contribution in [-0.2, 0) is 0 Å². The Morgan fingerprint density at radius 2 is 2.20 bits per heavy atom. The molecule has 0 aromatic rings. The van der Waals surface area contributed by atoms with Crippen LogP contribution in [0.15, 0.2) is 27.8 Å². The van der Waals surface area contributed by atoms with Crippen molar-refractivity contribution in [2.24, 2.45) is 4.99 Å². The Labute approximate surface area is 91.7 Å². The Kier molecular flexibility index (Phi) is 2.20. The number of rotatable bonds is 0. The van der Waals surface area contributed by atoms with Crippen molar-refractivity contribution in [1.82, 2.24) is 4.90 Å². The fourth-order valence-electron chi connectivity index (χ4n) is 1.34. The van der Waals surface area contributed by atoms with Gasteiger partial charge in [0, 0.05) is 10.7 Å². The Morgan fingerprint density at radius 1 is 1.53 bits per heavy atom. The Bertz CT molecular complexity index is 388. The number of hydrogen-bond acceptors (Lipinski definition) is 3. The third-order valence-corrected chi connectivity index (χ3v) is 2.61. The minimum atomic E-state index is -4.76. The largest absolute Gasteiger partial charge is 0.440 e. The molecule has 1 atom stereocenters. The molecule has 0 bridgehead atoms. The summed E-state index contributed by atoms with van der Waals surface area (Å²) in [7, 11) is 0. The first-order chi connectivity index (χ1) is 6.82. The van der Waals surface area contributed by atoms with E-state index in [-0.39, 0.29) is 5.84 Å². The van der Waals surface area contributed by atoms with Crippen molar-refractivity contribution in [2.75, 3.05) is 6.54 Å². The lowest BCUT2D eigenvalue weighted by molar-refractivity contribution is -0.253. The van der Waals surface area contributed by atoms with Crippen molar-refractivity contribution in [3.8, 4) is 0 Å². The van der Waals surface area contributed by atoms with E-state index in [1.165, 1.54) is 17.2 Å². The summed E-state index contributed by atoms with van der Waals surface area (Å²) in [4.78, 5) is 4.53. The number of nitrogens with zero attached hydrogens (tertiary/aromatic N) is 2. The predicted octanol–water partition coefficient (Wildman–Crippen LogP) is 1.76. The third kappa shape index (κ3) is 1.69. The molecular weight excluding hydrogens is 277 g/mol. The molecule has 82 valence electrons. The molecule has 1 unspecified atom stereocenters. The Morgan fingerprint density at radius 3 is 2.80 bits per heavy atom. The van der Waals surface area contributed by atoms with Crippen LogP contribution in [0.3, 0.4) is 0 Å². The topological polar surface area (TPSA) is 35.8 Å². The molecule has 2 aliphatic heterocycles. The minimum absolute atomic E-state index is 0.101. The van der Waals surface area contributed by atoms with Crippen molar-refractivity contribution in [3.63, 3.8) is 0 Å². The molecule has 0 aromatic carbocycles. The van der Waals surface area contributed by atoms with Crippen LogP contribution in [0.4, 0.5) is 13.2 Å². The molecule has 2 rings (SSSR count). The second-order valence-electron chi connectivity index (χ2n) is 3.26. The average molecular weight is 283 g/mol. The highest BCUT2D eigenvalue weighted by Crippen LogP contribution is 2.37. The van der Waals surface area contributed by atoms with Gasteiger partial charge >= 0.3 is 6.18 Å². The number of alkyl halides is 3. The SMILES string of the molecule is OC1(C(F)(F)F)CN2C=CC(Br)=CC2=N1. The van der Waals surface area contributed by atoms with Gasteiger partial charge in [0.15, 0.2) is 0 Å². The standard InChI is InChI=1S/C8H6BrF3N2O/c9-5-1-2-14-4-7(15,8(10,11)12)13-6(14)3-5/h1-3,15H,4H2. The Hall–Kier alpha value is -0.820. The quantitative estimate of drug-likeness (QED) is 0.735. The van der Waals surface area contributed by atoms with E-state index < -0.39 is 18.4 Å². The van der Waals surface area contributed by atoms with E-state index in [4.69, 9.17) is 0 Å². The molecule has 1 N–H and O–H groups in total. The van der Waals surface area contributed by atoms with Crippen molar-refractivity contribution in [2.45, 2.75) is 11.9 Å². The maximum absolute atomic E-state index is 12.4. The molecule has 0 spiro atoms. The molecule has 0 saturated carbocycles. The van der Waals surface area contributed by atoms with E-state index in [1.807, 2.05) is 0 Å². The van der Waals surface area contributed by atoms with E-state index in [0.717, 1.165) is 0 Å². The molecule has 2 aliphatic rings. The van der Waals surface area contributed by atoms with Gasteiger partial charge in [0.05, 0.1) is 6.54 Å². The zero-order valence-electron chi connectivity index (χ0n) is 7.29. The van der Waals surface area contributed by atoms with Gasteiger partial charge in [-0.3, -0.25) is 0 Å². The molecular formula is C8H6BrF3N2O. The van der Waals surface area contributed by atoms with Gasteiger partial charge in [0.25, 0.3) is 5.72 Å². The zero-order valence-corrected chi connectivity index (χ0v) is 8.88. The number of hydrogen-bond donors (Lipinski definition) is 1. The van der Waals surface area contributed by atoms with E-state index in [2.05, 4.69) is 20.9 Å². The van der Waals surface area contributed by atoms with E-state index in [1.54, 1.807) is 6.08 Å². The molecule has 15 heavy (non-hydrogen) atoms. The highest BCUT2D eigenvalue weighted by molar-refractivity contribution is 9.11. The molecule has 0 aliphatic carbocycles. The summed E-state index contributed by atoms with van der Waals surface area (Å²) < 4.78 is 37.9. The lowest BCUT2D eigenvalue weighted by Gasteiger charge is -2.23. The summed E-state index contributed by atoms with van der Waals surface area (Å²) in [5.41, 5.74) is -3.00.